The van der Waals surface area contributed by atoms with E-state index in [0.29, 0.717) is 0 Å². The molecular formula is C15H19F3N2O2. The van der Waals surface area contributed by atoms with Crippen LogP contribution in [0.2, 0.25) is 0 Å². The SMILES string of the molecule is CC(C)(C)NC(=O)CNC(=O)Cc1cccc(C(F)(F)F)c1. The van der Waals surface area contributed by atoms with Gasteiger partial charge in [0, 0.05) is 5.54 Å². The highest BCUT2D eigenvalue weighted by Crippen LogP contribution is 2.29. The van der Waals surface area contributed by atoms with E-state index in [1.54, 1.807) is 20.8 Å². The Labute approximate surface area is 127 Å². The largest absolute Gasteiger partial charge is 0.416 e. The highest BCUT2D eigenvalue weighted by Gasteiger charge is 2.30. The molecule has 0 unspecified atom stereocenters. The van der Waals surface area contributed by atoms with Gasteiger partial charge in [-0.1, -0.05) is 18.2 Å². The molecule has 0 fully saturated rings. The van der Waals surface area contributed by atoms with Crippen LogP contribution in [0.3, 0.4) is 0 Å². The van der Waals surface area contributed by atoms with Gasteiger partial charge in [-0.05, 0) is 32.4 Å². The molecule has 0 aliphatic carbocycles. The van der Waals surface area contributed by atoms with Gasteiger partial charge in [-0.15, -0.1) is 0 Å². The van der Waals surface area contributed by atoms with Gasteiger partial charge in [0.25, 0.3) is 0 Å². The molecule has 4 nitrogen and oxygen atoms in total. The van der Waals surface area contributed by atoms with Gasteiger partial charge in [-0.2, -0.15) is 13.2 Å². The molecule has 0 spiro atoms. The molecule has 0 heterocycles. The zero-order valence-electron chi connectivity index (χ0n) is 12.7. The molecule has 0 aromatic heterocycles. The standard InChI is InChI=1S/C15H19F3N2O2/c1-14(2,3)20-13(22)9-19-12(21)8-10-5-4-6-11(7-10)15(16,17)18/h4-7H,8-9H2,1-3H3,(H,19,21)(H,20,22). The molecule has 0 aliphatic heterocycles. The quantitative estimate of drug-likeness (QED) is 0.895. The second kappa shape index (κ2) is 6.81. The van der Waals surface area contributed by atoms with Gasteiger partial charge in [-0.3, -0.25) is 9.59 Å². The maximum Gasteiger partial charge on any atom is 0.416 e. The number of hydrogen-bond acceptors (Lipinski definition) is 2. The zero-order chi connectivity index (χ0) is 17.0. The molecule has 2 amide bonds. The first kappa shape index (κ1) is 18.0. The number of carbonyl (C=O) groups excluding carboxylic acids is 2. The molecule has 2 N–H and O–H groups in total. The second-order valence-corrected chi connectivity index (χ2v) is 5.95. The number of rotatable bonds is 4. The molecule has 0 bridgehead atoms. The lowest BCUT2D eigenvalue weighted by atomic mass is 10.1. The van der Waals surface area contributed by atoms with Crippen molar-refractivity contribution in [1.82, 2.24) is 10.6 Å². The van der Waals surface area contributed by atoms with Gasteiger partial charge in [0.05, 0.1) is 18.5 Å². The fourth-order valence-corrected chi connectivity index (χ4v) is 1.75. The second-order valence-electron chi connectivity index (χ2n) is 5.95. The number of carbonyl (C=O) groups is 2. The van der Waals surface area contributed by atoms with Crippen LogP contribution in [-0.4, -0.2) is 23.9 Å². The van der Waals surface area contributed by atoms with Crippen molar-refractivity contribution in [3.8, 4) is 0 Å². The van der Waals surface area contributed by atoms with Crippen LogP contribution in [0.15, 0.2) is 24.3 Å². The van der Waals surface area contributed by atoms with E-state index in [1.165, 1.54) is 12.1 Å². The first-order valence-corrected chi connectivity index (χ1v) is 6.71. The van der Waals surface area contributed by atoms with Crippen LogP contribution in [-0.2, 0) is 22.2 Å². The Morgan fingerprint density at radius 2 is 1.73 bits per heavy atom. The minimum Gasteiger partial charge on any atom is -0.350 e. The van der Waals surface area contributed by atoms with Gasteiger partial charge in [0.2, 0.25) is 11.8 Å². The van der Waals surface area contributed by atoms with Gasteiger partial charge < -0.3 is 10.6 Å². The maximum absolute atomic E-state index is 12.6. The first-order chi connectivity index (χ1) is 9.97. The van der Waals surface area contributed by atoms with Crippen LogP contribution in [0.1, 0.15) is 31.9 Å². The average molecular weight is 316 g/mol. The highest BCUT2D eigenvalue weighted by atomic mass is 19.4. The molecule has 1 aromatic carbocycles. The normalized spacial score (nSPS) is 11.9. The smallest absolute Gasteiger partial charge is 0.350 e. The van der Waals surface area contributed by atoms with Crippen molar-refractivity contribution < 1.29 is 22.8 Å². The topological polar surface area (TPSA) is 58.2 Å². The Morgan fingerprint density at radius 3 is 2.27 bits per heavy atom. The lowest BCUT2D eigenvalue weighted by molar-refractivity contribution is -0.137. The molecule has 7 heteroatoms. The van der Waals surface area contributed by atoms with Crippen molar-refractivity contribution in [2.75, 3.05) is 6.54 Å². The van der Waals surface area contributed by atoms with Gasteiger partial charge in [0.1, 0.15) is 0 Å². The number of halogens is 3. The Hall–Kier alpha value is -2.05. The molecule has 0 saturated heterocycles. The van der Waals surface area contributed by atoms with E-state index in [0.717, 1.165) is 12.1 Å². The van der Waals surface area contributed by atoms with E-state index < -0.39 is 23.2 Å². The van der Waals surface area contributed by atoms with E-state index in [2.05, 4.69) is 10.6 Å². The van der Waals surface area contributed by atoms with E-state index in [4.69, 9.17) is 0 Å². The molecule has 1 rings (SSSR count). The first-order valence-electron chi connectivity index (χ1n) is 6.71. The lowest BCUT2D eigenvalue weighted by Crippen LogP contribution is -2.46. The summed E-state index contributed by atoms with van der Waals surface area (Å²) in [7, 11) is 0. The van der Waals surface area contributed by atoms with Crippen LogP contribution in [0.25, 0.3) is 0 Å². The summed E-state index contributed by atoms with van der Waals surface area (Å²) in [6.45, 7) is 5.19. The summed E-state index contributed by atoms with van der Waals surface area (Å²) in [5.74, 6) is -0.867. The third-order valence-corrected chi connectivity index (χ3v) is 2.58. The van der Waals surface area contributed by atoms with Crippen molar-refractivity contribution in [1.29, 1.82) is 0 Å². The molecule has 0 radical (unpaired) electrons. The third-order valence-electron chi connectivity index (χ3n) is 2.58. The van der Waals surface area contributed by atoms with Crippen LogP contribution in [0.4, 0.5) is 13.2 Å². The maximum atomic E-state index is 12.6. The summed E-state index contributed by atoms with van der Waals surface area (Å²) in [6.07, 6.45) is -4.66. The Morgan fingerprint density at radius 1 is 1.09 bits per heavy atom. The predicted molar refractivity (Wildman–Crippen MR) is 76.1 cm³/mol. The third kappa shape index (κ3) is 6.60. The molecule has 122 valence electrons. The summed E-state index contributed by atoms with van der Waals surface area (Å²) >= 11 is 0. The predicted octanol–water partition coefficient (Wildman–Crippen LogP) is 2.28. The summed E-state index contributed by atoms with van der Waals surface area (Å²) in [4.78, 5) is 23.2. The van der Waals surface area contributed by atoms with Crippen LogP contribution < -0.4 is 10.6 Å². The number of nitrogens with one attached hydrogen (secondary N) is 2. The van der Waals surface area contributed by atoms with E-state index in [1.807, 2.05) is 0 Å². The fraction of sp³-hybridized carbons (Fsp3) is 0.467. The van der Waals surface area contributed by atoms with E-state index >= 15 is 0 Å². The molecule has 22 heavy (non-hydrogen) atoms. The molecule has 0 aliphatic rings. The van der Waals surface area contributed by atoms with E-state index in [9.17, 15) is 22.8 Å². The Balaban J connectivity index is 2.54. The highest BCUT2D eigenvalue weighted by molar-refractivity contribution is 5.86. The number of hydrogen-bond donors (Lipinski definition) is 2. The molecule has 0 atom stereocenters. The summed E-state index contributed by atoms with van der Waals surface area (Å²) in [6, 6.07) is 4.55. The summed E-state index contributed by atoms with van der Waals surface area (Å²) in [5, 5.41) is 5.04. The van der Waals surface area contributed by atoms with Crippen LogP contribution in [0, 0.1) is 0 Å². The van der Waals surface area contributed by atoms with Crippen molar-refractivity contribution >= 4 is 11.8 Å². The van der Waals surface area contributed by atoms with Gasteiger partial charge in [-0.25, -0.2) is 0 Å². The molecule has 1 aromatic rings. The van der Waals surface area contributed by atoms with Crippen LogP contribution >= 0.6 is 0 Å². The zero-order valence-corrected chi connectivity index (χ0v) is 12.7. The van der Waals surface area contributed by atoms with Crippen molar-refractivity contribution in [2.24, 2.45) is 0 Å². The Bertz CT molecular complexity index is 548. The Kier molecular flexibility index (Phi) is 5.57. The van der Waals surface area contributed by atoms with Crippen molar-refractivity contribution in [3.63, 3.8) is 0 Å². The number of benzene rings is 1. The summed E-state index contributed by atoms with van der Waals surface area (Å²) in [5.41, 5.74) is -0.977. The molecule has 0 saturated carbocycles. The average Bonchev–Trinajstić information content (AvgIpc) is 2.34. The minimum atomic E-state index is -4.45. The van der Waals surface area contributed by atoms with E-state index in [-0.39, 0.29) is 24.4 Å². The minimum absolute atomic E-state index is 0.213. The van der Waals surface area contributed by atoms with Crippen molar-refractivity contribution in [3.05, 3.63) is 35.4 Å². The number of alkyl halides is 3. The monoisotopic (exact) mass is 316 g/mol. The van der Waals surface area contributed by atoms with Crippen molar-refractivity contribution in [2.45, 2.75) is 38.9 Å². The number of amides is 2. The van der Waals surface area contributed by atoms with Gasteiger partial charge in [0.15, 0.2) is 0 Å². The fourth-order valence-electron chi connectivity index (χ4n) is 1.75. The lowest BCUT2D eigenvalue weighted by Gasteiger charge is -2.20. The molecular weight excluding hydrogens is 297 g/mol. The van der Waals surface area contributed by atoms with Gasteiger partial charge >= 0.3 is 6.18 Å². The summed E-state index contributed by atoms with van der Waals surface area (Å²) < 4.78 is 37.7. The van der Waals surface area contributed by atoms with Crippen LogP contribution in [0.5, 0.6) is 0 Å².